The standard InChI is InChI=1S/C15H25NO5/c1-5-20-13(18)12-9-8-11(17)7-6-10-16(12)14(19)21-15(2,3)4/h12H,5-10H2,1-4H3/t12-/m1/s1. The van der Waals surface area contributed by atoms with Gasteiger partial charge in [0.15, 0.2) is 0 Å². The molecule has 1 aliphatic heterocycles. The fourth-order valence-electron chi connectivity index (χ4n) is 2.20. The van der Waals surface area contributed by atoms with E-state index in [1.807, 2.05) is 0 Å². The van der Waals surface area contributed by atoms with Crippen molar-refractivity contribution in [3.05, 3.63) is 0 Å². The van der Waals surface area contributed by atoms with Crippen LogP contribution in [0.5, 0.6) is 0 Å². The monoisotopic (exact) mass is 299 g/mol. The Hall–Kier alpha value is -1.59. The molecule has 21 heavy (non-hydrogen) atoms. The number of nitrogens with zero attached hydrogens (tertiary/aromatic N) is 1. The maximum absolute atomic E-state index is 12.3. The van der Waals surface area contributed by atoms with Gasteiger partial charge >= 0.3 is 12.1 Å². The number of likely N-dealkylation sites (tertiary alicyclic amines) is 1. The minimum absolute atomic E-state index is 0.119. The number of carbonyl (C=O) groups is 3. The summed E-state index contributed by atoms with van der Waals surface area (Å²) in [6.07, 6.45) is 0.998. The third-order valence-electron chi connectivity index (χ3n) is 3.11. The number of amides is 1. The van der Waals surface area contributed by atoms with Gasteiger partial charge in [0.05, 0.1) is 6.61 Å². The van der Waals surface area contributed by atoms with Gasteiger partial charge < -0.3 is 9.47 Å². The molecule has 1 fully saturated rings. The highest BCUT2D eigenvalue weighted by Gasteiger charge is 2.35. The van der Waals surface area contributed by atoms with Crippen molar-refractivity contribution in [3.8, 4) is 0 Å². The zero-order valence-electron chi connectivity index (χ0n) is 13.3. The largest absolute Gasteiger partial charge is 0.464 e. The smallest absolute Gasteiger partial charge is 0.411 e. The molecule has 0 unspecified atom stereocenters. The van der Waals surface area contributed by atoms with Crippen molar-refractivity contribution in [1.82, 2.24) is 4.90 Å². The summed E-state index contributed by atoms with van der Waals surface area (Å²) in [5.41, 5.74) is -0.630. The van der Waals surface area contributed by atoms with Gasteiger partial charge in [0, 0.05) is 19.4 Å². The number of rotatable bonds is 2. The van der Waals surface area contributed by atoms with Crippen LogP contribution in [-0.4, -0.2) is 47.5 Å². The molecule has 1 heterocycles. The Balaban J connectivity index is 2.88. The van der Waals surface area contributed by atoms with Gasteiger partial charge in [-0.3, -0.25) is 9.69 Å². The number of ketones is 1. The summed E-state index contributed by atoms with van der Waals surface area (Å²) < 4.78 is 10.4. The van der Waals surface area contributed by atoms with Gasteiger partial charge in [-0.1, -0.05) is 0 Å². The molecule has 6 nitrogen and oxygen atoms in total. The molecular formula is C15H25NO5. The third kappa shape index (κ3) is 5.73. The van der Waals surface area contributed by atoms with Crippen LogP contribution >= 0.6 is 0 Å². The van der Waals surface area contributed by atoms with Gasteiger partial charge in [-0.05, 0) is 40.5 Å². The first-order valence-corrected chi connectivity index (χ1v) is 7.42. The average molecular weight is 299 g/mol. The predicted octanol–water partition coefficient (Wildman–Crippen LogP) is 2.30. The molecule has 0 bridgehead atoms. The highest BCUT2D eigenvalue weighted by Crippen LogP contribution is 2.19. The van der Waals surface area contributed by atoms with Crippen LogP contribution in [0.15, 0.2) is 0 Å². The van der Waals surface area contributed by atoms with E-state index in [1.54, 1.807) is 27.7 Å². The lowest BCUT2D eigenvalue weighted by Crippen LogP contribution is -2.49. The molecule has 6 heteroatoms. The summed E-state index contributed by atoms with van der Waals surface area (Å²) in [6.45, 7) is 7.60. The fourth-order valence-corrected chi connectivity index (χ4v) is 2.20. The van der Waals surface area contributed by atoms with Crippen LogP contribution in [0.1, 0.15) is 53.4 Å². The van der Waals surface area contributed by atoms with Crippen molar-refractivity contribution in [1.29, 1.82) is 0 Å². The van der Waals surface area contributed by atoms with Gasteiger partial charge in [-0.2, -0.15) is 0 Å². The van der Waals surface area contributed by atoms with Crippen molar-refractivity contribution in [3.63, 3.8) is 0 Å². The van der Waals surface area contributed by atoms with Crippen LogP contribution in [0.4, 0.5) is 4.79 Å². The average Bonchev–Trinajstić information content (AvgIpc) is 2.31. The summed E-state index contributed by atoms with van der Waals surface area (Å²) in [5, 5.41) is 0. The van der Waals surface area contributed by atoms with E-state index in [2.05, 4.69) is 0 Å². The van der Waals surface area contributed by atoms with E-state index in [-0.39, 0.29) is 25.2 Å². The van der Waals surface area contributed by atoms with Crippen molar-refractivity contribution >= 4 is 17.8 Å². The summed E-state index contributed by atoms with van der Waals surface area (Å²) in [4.78, 5) is 37.3. The molecule has 0 N–H and O–H groups in total. The highest BCUT2D eigenvalue weighted by atomic mass is 16.6. The summed E-state index contributed by atoms with van der Waals surface area (Å²) in [7, 11) is 0. The molecule has 1 saturated heterocycles. The number of carbonyl (C=O) groups excluding carboxylic acids is 3. The van der Waals surface area contributed by atoms with Crippen LogP contribution in [0.25, 0.3) is 0 Å². The van der Waals surface area contributed by atoms with Crippen molar-refractivity contribution in [2.45, 2.75) is 65.0 Å². The first-order valence-electron chi connectivity index (χ1n) is 7.42. The van der Waals surface area contributed by atoms with Crippen molar-refractivity contribution in [2.24, 2.45) is 0 Å². The molecule has 1 rings (SSSR count). The Morgan fingerprint density at radius 2 is 1.95 bits per heavy atom. The number of ether oxygens (including phenoxy) is 2. The van der Waals surface area contributed by atoms with Gasteiger partial charge in [-0.25, -0.2) is 9.59 Å². The Bertz CT molecular complexity index is 399. The number of esters is 1. The normalized spacial score (nSPS) is 20.5. The molecule has 0 saturated carbocycles. The number of Topliss-reactive ketones (excluding diaryl/α,β-unsaturated/α-hetero) is 1. The van der Waals surface area contributed by atoms with E-state index >= 15 is 0 Å². The van der Waals surface area contributed by atoms with E-state index in [9.17, 15) is 14.4 Å². The zero-order valence-corrected chi connectivity index (χ0v) is 13.3. The van der Waals surface area contributed by atoms with Crippen LogP contribution < -0.4 is 0 Å². The topological polar surface area (TPSA) is 72.9 Å². The quantitative estimate of drug-likeness (QED) is 0.731. The van der Waals surface area contributed by atoms with E-state index in [4.69, 9.17) is 9.47 Å². The summed E-state index contributed by atoms with van der Waals surface area (Å²) in [6, 6.07) is -0.746. The molecule has 0 aliphatic carbocycles. The maximum Gasteiger partial charge on any atom is 0.411 e. The summed E-state index contributed by atoms with van der Waals surface area (Å²) in [5.74, 6) is -0.355. The first-order chi connectivity index (χ1) is 9.74. The lowest BCUT2D eigenvalue weighted by Gasteiger charge is -2.33. The number of hydrogen-bond acceptors (Lipinski definition) is 5. The molecule has 120 valence electrons. The second-order valence-electron chi connectivity index (χ2n) is 6.12. The minimum Gasteiger partial charge on any atom is -0.464 e. The molecule has 1 aliphatic rings. The molecular weight excluding hydrogens is 274 g/mol. The summed E-state index contributed by atoms with van der Waals surface area (Å²) >= 11 is 0. The lowest BCUT2D eigenvalue weighted by atomic mass is 10.0. The SMILES string of the molecule is CCOC(=O)[C@H]1CCC(=O)CCCN1C(=O)OC(C)(C)C. The third-order valence-corrected chi connectivity index (χ3v) is 3.11. The molecule has 0 spiro atoms. The van der Waals surface area contributed by atoms with Gasteiger partial charge in [-0.15, -0.1) is 0 Å². The van der Waals surface area contributed by atoms with Gasteiger partial charge in [0.2, 0.25) is 0 Å². The molecule has 0 aromatic rings. The zero-order chi connectivity index (χ0) is 16.0. The molecule has 0 radical (unpaired) electrons. The molecule has 1 amide bonds. The predicted molar refractivity (Wildman–Crippen MR) is 76.8 cm³/mol. The second kappa shape index (κ2) is 7.43. The lowest BCUT2D eigenvalue weighted by molar-refractivity contribution is -0.150. The highest BCUT2D eigenvalue weighted by molar-refractivity contribution is 5.84. The second-order valence-corrected chi connectivity index (χ2v) is 6.12. The van der Waals surface area contributed by atoms with E-state index in [0.29, 0.717) is 19.4 Å². The van der Waals surface area contributed by atoms with Crippen molar-refractivity contribution < 1.29 is 23.9 Å². The van der Waals surface area contributed by atoms with Crippen LogP contribution in [0, 0.1) is 0 Å². The molecule has 0 aromatic heterocycles. The first kappa shape index (κ1) is 17.5. The van der Waals surface area contributed by atoms with Crippen LogP contribution in [0.2, 0.25) is 0 Å². The molecule has 0 aromatic carbocycles. The van der Waals surface area contributed by atoms with Crippen molar-refractivity contribution in [2.75, 3.05) is 13.2 Å². The Morgan fingerprint density at radius 1 is 1.29 bits per heavy atom. The van der Waals surface area contributed by atoms with E-state index in [0.717, 1.165) is 0 Å². The molecule has 1 atom stereocenters. The fraction of sp³-hybridized carbons (Fsp3) is 0.800. The number of hydrogen-bond donors (Lipinski definition) is 0. The van der Waals surface area contributed by atoms with Gasteiger partial charge in [0.25, 0.3) is 0 Å². The van der Waals surface area contributed by atoms with E-state index in [1.165, 1.54) is 4.90 Å². The maximum atomic E-state index is 12.3. The Kier molecular flexibility index (Phi) is 6.18. The Labute approximate surface area is 125 Å². The minimum atomic E-state index is -0.746. The van der Waals surface area contributed by atoms with Gasteiger partial charge in [0.1, 0.15) is 17.4 Å². The van der Waals surface area contributed by atoms with Crippen LogP contribution in [0.3, 0.4) is 0 Å². The van der Waals surface area contributed by atoms with Crippen LogP contribution in [-0.2, 0) is 19.1 Å². The van der Waals surface area contributed by atoms with E-state index < -0.39 is 23.7 Å². The Morgan fingerprint density at radius 3 is 2.52 bits per heavy atom.